The highest BCUT2D eigenvalue weighted by Crippen LogP contribution is 2.32. The van der Waals surface area contributed by atoms with Crippen LogP contribution in [0, 0.1) is 13.8 Å². The first kappa shape index (κ1) is 21.7. The number of nitrogens with one attached hydrogen (secondary N) is 1. The third-order valence-corrected chi connectivity index (χ3v) is 5.01. The summed E-state index contributed by atoms with van der Waals surface area (Å²) >= 11 is 0. The second-order valence-corrected chi connectivity index (χ2v) is 7.76. The summed E-state index contributed by atoms with van der Waals surface area (Å²) in [5.74, 6) is 0.153. The van der Waals surface area contributed by atoms with Gasteiger partial charge in [0.15, 0.2) is 0 Å². The van der Waals surface area contributed by atoms with Gasteiger partial charge in [0, 0.05) is 17.1 Å². The molecular formula is C23H32N2O3. The first-order chi connectivity index (χ1) is 13.2. The minimum Gasteiger partial charge on any atom is -0.462 e. The predicted octanol–water partition coefficient (Wildman–Crippen LogP) is 5.17. The topological polar surface area (TPSA) is 60.3 Å². The fourth-order valence-corrected chi connectivity index (χ4v) is 3.48. The van der Waals surface area contributed by atoms with Gasteiger partial charge in [0.2, 0.25) is 5.91 Å². The van der Waals surface area contributed by atoms with E-state index < -0.39 is 0 Å². The summed E-state index contributed by atoms with van der Waals surface area (Å²) in [4.78, 5) is 25.0. The van der Waals surface area contributed by atoms with Crippen LogP contribution in [0.2, 0.25) is 0 Å². The number of nitrogens with zero attached hydrogens (tertiary/aromatic N) is 1. The van der Waals surface area contributed by atoms with Gasteiger partial charge in [-0.1, -0.05) is 45.9 Å². The van der Waals surface area contributed by atoms with Crippen molar-refractivity contribution in [3.8, 4) is 0 Å². The molecule has 0 saturated heterocycles. The van der Waals surface area contributed by atoms with Crippen molar-refractivity contribution in [3.63, 3.8) is 0 Å². The standard InChI is InChI=1S/C23H32N2O3/c1-8-28-23(27)20-12-16(6)25(17(20)7)13-21(26)24-22-18(14(2)3)10-9-11-19(22)15(4)5/h9-12,14-15H,8,13H2,1-7H3,(H,24,26). The number of rotatable bonds is 7. The Morgan fingerprint density at radius 2 is 1.64 bits per heavy atom. The maximum absolute atomic E-state index is 12.9. The zero-order valence-corrected chi connectivity index (χ0v) is 18.1. The molecule has 0 unspecified atom stereocenters. The highest BCUT2D eigenvalue weighted by atomic mass is 16.5. The Labute approximate surface area is 168 Å². The largest absolute Gasteiger partial charge is 0.462 e. The third-order valence-electron chi connectivity index (χ3n) is 5.01. The van der Waals surface area contributed by atoms with Gasteiger partial charge < -0.3 is 14.6 Å². The number of benzene rings is 1. The van der Waals surface area contributed by atoms with E-state index in [4.69, 9.17) is 4.74 Å². The SMILES string of the molecule is CCOC(=O)c1cc(C)n(CC(=O)Nc2c(C(C)C)cccc2C(C)C)c1C. The third kappa shape index (κ3) is 4.64. The Kier molecular flexibility index (Phi) is 7.05. The number of anilines is 1. The molecule has 1 heterocycles. The van der Waals surface area contributed by atoms with Crippen molar-refractivity contribution in [1.82, 2.24) is 4.57 Å². The van der Waals surface area contributed by atoms with Crippen molar-refractivity contribution in [2.24, 2.45) is 0 Å². The van der Waals surface area contributed by atoms with Gasteiger partial charge in [0.25, 0.3) is 0 Å². The lowest BCUT2D eigenvalue weighted by atomic mass is 9.92. The smallest absolute Gasteiger partial charge is 0.339 e. The Bertz CT molecular complexity index is 837. The molecule has 0 spiro atoms. The molecule has 0 atom stereocenters. The van der Waals surface area contributed by atoms with E-state index in [1.165, 1.54) is 0 Å². The van der Waals surface area contributed by atoms with E-state index in [-0.39, 0.29) is 18.4 Å². The number of amides is 1. The number of hydrogen-bond donors (Lipinski definition) is 1. The lowest BCUT2D eigenvalue weighted by molar-refractivity contribution is -0.116. The zero-order chi connectivity index (χ0) is 21.0. The molecule has 0 radical (unpaired) electrons. The minimum absolute atomic E-state index is 0.104. The molecule has 152 valence electrons. The molecule has 1 aromatic heterocycles. The Morgan fingerprint density at radius 3 is 2.14 bits per heavy atom. The first-order valence-corrected chi connectivity index (χ1v) is 9.93. The maximum atomic E-state index is 12.9. The fourth-order valence-electron chi connectivity index (χ4n) is 3.48. The molecule has 0 aliphatic carbocycles. The number of aryl methyl sites for hydroxylation is 1. The predicted molar refractivity (Wildman–Crippen MR) is 113 cm³/mol. The van der Waals surface area contributed by atoms with Crippen LogP contribution in [0.5, 0.6) is 0 Å². The molecule has 1 N–H and O–H groups in total. The van der Waals surface area contributed by atoms with Gasteiger partial charge in [0.05, 0.1) is 12.2 Å². The fraction of sp³-hybridized carbons (Fsp3) is 0.478. The Balaban J connectivity index is 2.30. The quantitative estimate of drug-likeness (QED) is 0.670. The van der Waals surface area contributed by atoms with Crippen LogP contribution in [0.25, 0.3) is 0 Å². The molecule has 0 aliphatic heterocycles. The normalized spacial score (nSPS) is 11.2. The molecular weight excluding hydrogens is 352 g/mol. The van der Waals surface area contributed by atoms with E-state index in [1.54, 1.807) is 13.0 Å². The van der Waals surface area contributed by atoms with Crippen molar-refractivity contribution >= 4 is 17.6 Å². The van der Waals surface area contributed by atoms with Crippen molar-refractivity contribution < 1.29 is 14.3 Å². The van der Waals surface area contributed by atoms with Crippen molar-refractivity contribution in [2.75, 3.05) is 11.9 Å². The summed E-state index contributed by atoms with van der Waals surface area (Å²) in [6.45, 7) is 14.5. The van der Waals surface area contributed by atoms with Gasteiger partial charge in [-0.05, 0) is 49.8 Å². The molecule has 1 amide bonds. The van der Waals surface area contributed by atoms with E-state index >= 15 is 0 Å². The van der Waals surface area contributed by atoms with E-state index in [1.807, 2.05) is 24.5 Å². The average molecular weight is 385 g/mol. The van der Waals surface area contributed by atoms with Crippen LogP contribution in [-0.4, -0.2) is 23.1 Å². The van der Waals surface area contributed by atoms with Gasteiger partial charge >= 0.3 is 5.97 Å². The van der Waals surface area contributed by atoms with Crippen LogP contribution in [0.15, 0.2) is 24.3 Å². The van der Waals surface area contributed by atoms with Crippen LogP contribution in [0.1, 0.15) is 79.3 Å². The lowest BCUT2D eigenvalue weighted by Crippen LogP contribution is -2.22. The van der Waals surface area contributed by atoms with Crippen LogP contribution in [0.4, 0.5) is 5.69 Å². The molecule has 0 bridgehead atoms. The van der Waals surface area contributed by atoms with Gasteiger partial charge in [-0.2, -0.15) is 0 Å². The monoisotopic (exact) mass is 384 g/mol. The number of para-hydroxylation sites is 1. The molecule has 0 saturated carbocycles. The molecule has 5 heteroatoms. The summed E-state index contributed by atoms with van der Waals surface area (Å²) in [6.07, 6.45) is 0. The Morgan fingerprint density at radius 1 is 1.07 bits per heavy atom. The van der Waals surface area contributed by atoms with E-state index in [0.717, 1.165) is 28.2 Å². The lowest BCUT2D eigenvalue weighted by Gasteiger charge is -2.20. The highest BCUT2D eigenvalue weighted by Gasteiger charge is 2.20. The van der Waals surface area contributed by atoms with Gasteiger partial charge in [0.1, 0.15) is 6.54 Å². The molecule has 5 nitrogen and oxygen atoms in total. The second kappa shape index (κ2) is 9.09. The number of ether oxygens (including phenoxy) is 1. The molecule has 28 heavy (non-hydrogen) atoms. The van der Waals surface area contributed by atoms with E-state index in [0.29, 0.717) is 24.0 Å². The van der Waals surface area contributed by atoms with Crippen LogP contribution >= 0.6 is 0 Å². The highest BCUT2D eigenvalue weighted by molar-refractivity contribution is 5.94. The maximum Gasteiger partial charge on any atom is 0.339 e. The second-order valence-electron chi connectivity index (χ2n) is 7.76. The van der Waals surface area contributed by atoms with Crippen molar-refractivity contribution in [1.29, 1.82) is 0 Å². The van der Waals surface area contributed by atoms with Gasteiger partial charge in [-0.25, -0.2) is 4.79 Å². The van der Waals surface area contributed by atoms with E-state index in [9.17, 15) is 9.59 Å². The molecule has 0 aliphatic rings. The van der Waals surface area contributed by atoms with Gasteiger partial charge in [-0.15, -0.1) is 0 Å². The zero-order valence-electron chi connectivity index (χ0n) is 18.1. The summed E-state index contributed by atoms with van der Waals surface area (Å²) in [5, 5.41) is 3.13. The number of carbonyl (C=O) groups excluding carboxylic acids is 2. The Hall–Kier alpha value is -2.56. The molecule has 0 fully saturated rings. The van der Waals surface area contributed by atoms with E-state index in [2.05, 4.69) is 45.1 Å². The van der Waals surface area contributed by atoms with Crippen LogP contribution in [-0.2, 0) is 16.1 Å². The summed E-state index contributed by atoms with van der Waals surface area (Å²) in [6, 6.07) is 7.96. The molecule has 1 aromatic carbocycles. The number of aromatic nitrogens is 1. The molecule has 2 aromatic rings. The molecule has 2 rings (SSSR count). The summed E-state index contributed by atoms with van der Waals surface area (Å²) < 4.78 is 6.96. The number of carbonyl (C=O) groups is 2. The van der Waals surface area contributed by atoms with Crippen LogP contribution < -0.4 is 5.32 Å². The number of hydrogen-bond acceptors (Lipinski definition) is 3. The van der Waals surface area contributed by atoms with Crippen molar-refractivity contribution in [2.45, 2.75) is 66.8 Å². The minimum atomic E-state index is -0.352. The average Bonchev–Trinajstić information content (AvgIpc) is 2.90. The summed E-state index contributed by atoms with van der Waals surface area (Å²) in [5.41, 5.74) is 5.29. The summed E-state index contributed by atoms with van der Waals surface area (Å²) in [7, 11) is 0. The number of esters is 1. The first-order valence-electron chi connectivity index (χ1n) is 9.93. The van der Waals surface area contributed by atoms with Crippen LogP contribution in [0.3, 0.4) is 0 Å². The van der Waals surface area contributed by atoms with Gasteiger partial charge in [-0.3, -0.25) is 4.79 Å². The van der Waals surface area contributed by atoms with Crippen molar-refractivity contribution in [3.05, 3.63) is 52.3 Å².